The van der Waals surface area contributed by atoms with Crippen LogP contribution in [-0.2, 0) is 0 Å². The van der Waals surface area contributed by atoms with Crippen molar-refractivity contribution in [2.75, 3.05) is 0 Å². The minimum atomic E-state index is 0.113. The van der Waals surface area contributed by atoms with Crippen LogP contribution in [0.3, 0.4) is 0 Å². The van der Waals surface area contributed by atoms with Gasteiger partial charge in [-0.1, -0.05) is 6.92 Å². The van der Waals surface area contributed by atoms with E-state index in [0.717, 1.165) is 11.8 Å². The first-order valence-corrected chi connectivity index (χ1v) is 4.53. The molecule has 1 fully saturated rings. The fourth-order valence-electron chi connectivity index (χ4n) is 1.70. The highest BCUT2D eigenvalue weighted by atomic mass is 14.4. The van der Waals surface area contributed by atoms with Crippen molar-refractivity contribution < 1.29 is 0 Å². The third-order valence-electron chi connectivity index (χ3n) is 2.65. The lowest BCUT2D eigenvalue weighted by atomic mass is 9.82. The van der Waals surface area contributed by atoms with E-state index in [-0.39, 0.29) is 5.41 Å². The second-order valence-corrected chi connectivity index (χ2v) is 4.55. The van der Waals surface area contributed by atoms with Gasteiger partial charge in [-0.2, -0.15) is 0 Å². The van der Waals surface area contributed by atoms with Crippen LogP contribution in [0, 0.1) is 29.6 Å². The van der Waals surface area contributed by atoms with Gasteiger partial charge in [0.1, 0.15) is 0 Å². The lowest BCUT2D eigenvalue weighted by Gasteiger charge is -2.21. The Morgan fingerprint density at radius 1 is 1.55 bits per heavy atom. The lowest BCUT2D eigenvalue weighted by molar-refractivity contribution is 0.335. The quantitative estimate of drug-likeness (QED) is 0.542. The minimum absolute atomic E-state index is 0.113. The van der Waals surface area contributed by atoms with E-state index in [0.29, 0.717) is 0 Å². The fourth-order valence-corrected chi connectivity index (χ4v) is 1.70. The van der Waals surface area contributed by atoms with Crippen LogP contribution in [0.15, 0.2) is 0 Å². The van der Waals surface area contributed by atoms with Crippen molar-refractivity contribution in [1.82, 2.24) is 0 Å². The lowest BCUT2D eigenvalue weighted by Crippen LogP contribution is -2.14. The van der Waals surface area contributed by atoms with Crippen molar-refractivity contribution in [1.29, 1.82) is 0 Å². The smallest absolute Gasteiger partial charge is 0.0258 e. The van der Waals surface area contributed by atoms with E-state index in [4.69, 9.17) is 6.42 Å². The van der Waals surface area contributed by atoms with Gasteiger partial charge in [-0.15, -0.1) is 12.3 Å². The van der Waals surface area contributed by atoms with Crippen molar-refractivity contribution in [3.63, 3.8) is 0 Å². The van der Waals surface area contributed by atoms with Crippen LogP contribution in [-0.4, -0.2) is 0 Å². The number of hydrogen-bond acceptors (Lipinski definition) is 0. The Kier molecular flexibility index (Phi) is 2.28. The Balaban J connectivity index is 2.34. The zero-order valence-electron chi connectivity index (χ0n) is 7.85. The van der Waals surface area contributed by atoms with Gasteiger partial charge in [-0.25, -0.2) is 0 Å². The van der Waals surface area contributed by atoms with Crippen LogP contribution < -0.4 is 0 Å². The summed E-state index contributed by atoms with van der Waals surface area (Å²) in [6.07, 6.45) is 9.48. The molecule has 1 aliphatic rings. The molecule has 0 heteroatoms. The van der Waals surface area contributed by atoms with Gasteiger partial charge in [-0.3, -0.25) is 0 Å². The summed E-state index contributed by atoms with van der Waals surface area (Å²) >= 11 is 0. The van der Waals surface area contributed by atoms with E-state index >= 15 is 0 Å². The van der Waals surface area contributed by atoms with Gasteiger partial charge in [0, 0.05) is 5.41 Å². The minimum Gasteiger partial charge on any atom is -0.120 e. The van der Waals surface area contributed by atoms with E-state index in [2.05, 4.69) is 26.7 Å². The molecular formula is C11H18. The molecule has 0 saturated heterocycles. The third-order valence-corrected chi connectivity index (χ3v) is 2.65. The molecule has 0 aromatic carbocycles. The van der Waals surface area contributed by atoms with Crippen LogP contribution in [0.4, 0.5) is 0 Å². The normalized spacial score (nSPS) is 20.9. The predicted octanol–water partition coefficient (Wildman–Crippen LogP) is 3.08. The van der Waals surface area contributed by atoms with Crippen LogP contribution in [0.2, 0.25) is 0 Å². The molecule has 0 nitrogen and oxygen atoms in total. The Labute approximate surface area is 70.4 Å². The summed E-state index contributed by atoms with van der Waals surface area (Å²) in [7, 11) is 0. The van der Waals surface area contributed by atoms with Crippen LogP contribution in [0.25, 0.3) is 0 Å². The standard InChI is InChI=1S/C11H18/c1-5-11(3,4)8-9(2)10-6-7-10/h1,9-10H,6-8H2,2-4H3. The summed E-state index contributed by atoms with van der Waals surface area (Å²) in [6, 6.07) is 0. The Morgan fingerprint density at radius 3 is 2.45 bits per heavy atom. The summed E-state index contributed by atoms with van der Waals surface area (Å²) in [4.78, 5) is 0. The van der Waals surface area contributed by atoms with Crippen LogP contribution in [0.1, 0.15) is 40.0 Å². The molecular weight excluding hydrogens is 132 g/mol. The molecule has 1 aliphatic carbocycles. The van der Waals surface area contributed by atoms with Crippen LogP contribution in [0.5, 0.6) is 0 Å². The second kappa shape index (κ2) is 2.89. The zero-order valence-corrected chi connectivity index (χ0v) is 7.85. The van der Waals surface area contributed by atoms with E-state index in [9.17, 15) is 0 Å². The van der Waals surface area contributed by atoms with E-state index in [1.165, 1.54) is 19.3 Å². The topological polar surface area (TPSA) is 0 Å². The summed E-state index contributed by atoms with van der Waals surface area (Å²) in [5.74, 6) is 4.68. The molecule has 1 unspecified atom stereocenters. The summed E-state index contributed by atoms with van der Waals surface area (Å²) in [6.45, 7) is 6.65. The first kappa shape index (κ1) is 8.65. The molecule has 0 bridgehead atoms. The van der Waals surface area contributed by atoms with Crippen molar-refractivity contribution in [3.05, 3.63) is 0 Å². The summed E-state index contributed by atoms with van der Waals surface area (Å²) < 4.78 is 0. The van der Waals surface area contributed by atoms with Gasteiger partial charge < -0.3 is 0 Å². The van der Waals surface area contributed by atoms with Gasteiger partial charge in [0.25, 0.3) is 0 Å². The van der Waals surface area contributed by atoms with Crippen LogP contribution >= 0.6 is 0 Å². The summed E-state index contributed by atoms with van der Waals surface area (Å²) in [5.41, 5.74) is 0.113. The van der Waals surface area contributed by atoms with Crippen molar-refractivity contribution >= 4 is 0 Å². The molecule has 0 aliphatic heterocycles. The second-order valence-electron chi connectivity index (χ2n) is 4.55. The van der Waals surface area contributed by atoms with Gasteiger partial charge in [0.2, 0.25) is 0 Å². The highest BCUT2D eigenvalue weighted by Gasteiger charge is 2.31. The van der Waals surface area contributed by atoms with Crippen molar-refractivity contribution in [2.45, 2.75) is 40.0 Å². The molecule has 0 aromatic heterocycles. The average molecular weight is 150 g/mol. The molecule has 62 valence electrons. The van der Waals surface area contributed by atoms with Gasteiger partial charge >= 0.3 is 0 Å². The maximum Gasteiger partial charge on any atom is 0.0258 e. The van der Waals surface area contributed by atoms with E-state index < -0.39 is 0 Å². The van der Waals surface area contributed by atoms with Crippen molar-refractivity contribution in [2.24, 2.45) is 17.3 Å². The van der Waals surface area contributed by atoms with E-state index in [1.807, 2.05) is 0 Å². The Hall–Kier alpha value is -0.440. The molecule has 0 aromatic rings. The molecule has 0 heterocycles. The molecule has 1 saturated carbocycles. The summed E-state index contributed by atoms with van der Waals surface area (Å²) in [5, 5.41) is 0. The Morgan fingerprint density at radius 2 is 2.09 bits per heavy atom. The molecule has 0 spiro atoms. The van der Waals surface area contributed by atoms with E-state index in [1.54, 1.807) is 0 Å². The zero-order chi connectivity index (χ0) is 8.48. The van der Waals surface area contributed by atoms with Gasteiger partial charge in [-0.05, 0) is 44.9 Å². The number of hydrogen-bond donors (Lipinski definition) is 0. The first-order chi connectivity index (χ1) is 5.05. The maximum absolute atomic E-state index is 5.43. The number of rotatable bonds is 3. The highest BCUT2D eigenvalue weighted by molar-refractivity contribution is 5.01. The number of terminal acetylenes is 1. The first-order valence-electron chi connectivity index (χ1n) is 4.53. The highest BCUT2D eigenvalue weighted by Crippen LogP contribution is 2.41. The molecule has 0 amide bonds. The van der Waals surface area contributed by atoms with Gasteiger partial charge in [0.05, 0.1) is 0 Å². The third kappa shape index (κ3) is 2.58. The fraction of sp³-hybridized carbons (Fsp3) is 0.818. The Bertz CT molecular complexity index is 167. The van der Waals surface area contributed by atoms with Crippen molar-refractivity contribution in [3.8, 4) is 12.3 Å². The maximum atomic E-state index is 5.43. The molecule has 0 radical (unpaired) electrons. The molecule has 11 heavy (non-hydrogen) atoms. The SMILES string of the molecule is C#CC(C)(C)CC(C)C1CC1. The molecule has 1 rings (SSSR count). The molecule has 1 atom stereocenters. The van der Waals surface area contributed by atoms with Gasteiger partial charge in [0.15, 0.2) is 0 Å². The average Bonchev–Trinajstić information content (AvgIpc) is 2.67. The monoisotopic (exact) mass is 150 g/mol. The molecule has 0 N–H and O–H groups in total. The predicted molar refractivity (Wildman–Crippen MR) is 49.1 cm³/mol. The largest absolute Gasteiger partial charge is 0.120 e.